The summed E-state index contributed by atoms with van der Waals surface area (Å²) in [6.07, 6.45) is 7.13. The maximum Gasteiger partial charge on any atom is 0.137 e. The van der Waals surface area contributed by atoms with Gasteiger partial charge < -0.3 is 14.2 Å². The van der Waals surface area contributed by atoms with E-state index in [0.717, 1.165) is 42.0 Å². The lowest BCUT2D eigenvalue weighted by Gasteiger charge is -2.22. The van der Waals surface area contributed by atoms with E-state index >= 15 is 0 Å². The van der Waals surface area contributed by atoms with Gasteiger partial charge in [0.2, 0.25) is 0 Å². The zero-order valence-electron chi connectivity index (χ0n) is 10.8. The van der Waals surface area contributed by atoms with Crippen LogP contribution < -0.4 is 5.32 Å². The molecule has 1 aliphatic rings. The summed E-state index contributed by atoms with van der Waals surface area (Å²) in [7, 11) is 0. The van der Waals surface area contributed by atoms with Crippen LogP contribution in [0.1, 0.15) is 18.4 Å². The molecule has 3 nitrogen and oxygen atoms in total. The average molecular weight is 255 g/mol. The molecule has 0 unspecified atom stereocenters. The van der Waals surface area contributed by atoms with Gasteiger partial charge in [-0.25, -0.2) is 0 Å². The first kappa shape index (κ1) is 11.1. The van der Waals surface area contributed by atoms with E-state index in [4.69, 9.17) is 8.83 Å². The summed E-state index contributed by atoms with van der Waals surface area (Å²) in [5.41, 5.74) is 3.32. The van der Waals surface area contributed by atoms with Crippen LogP contribution in [0, 0.1) is 5.92 Å². The second kappa shape index (κ2) is 4.42. The minimum Gasteiger partial charge on any atom is -0.464 e. The van der Waals surface area contributed by atoms with E-state index in [1.165, 1.54) is 23.8 Å². The van der Waals surface area contributed by atoms with Crippen LogP contribution in [0.15, 0.2) is 39.6 Å². The molecule has 1 aliphatic heterocycles. The minimum absolute atomic E-state index is 0.745. The van der Waals surface area contributed by atoms with E-state index in [9.17, 15) is 0 Å². The molecule has 1 N–H and O–H groups in total. The number of piperidine rings is 1. The first-order chi connectivity index (χ1) is 9.42. The zero-order valence-corrected chi connectivity index (χ0v) is 10.8. The van der Waals surface area contributed by atoms with Crippen molar-refractivity contribution in [2.75, 3.05) is 13.1 Å². The van der Waals surface area contributed by atoms with Gasteiger partial charge in [-0.3, -0.25) is 0 Å². The molecule has 0 saturated carbocycles. The number of hydrogen-bond acceptors (Lipinski definition) is 3. The van der Waals surface area contributed by atoms with Crippen molar-refractivity contribution in [2.24, 2.45) is 5.92 Å². The molecule has 3 heterocycles. The Balaban J connectivity index is 1.83. The highest BCUT2D eigenvalue weighted by atomic mass is 16.3. The molecule has 0 atom stereocenters. The number of hydrogen-bond donors (Lipinski definition) is 1. The molecule has 0 spiro atoms. The Kier molecular flexibility index (Phi) is 2.59. The largest absolute Gasteiger partial charge is 0.464 e. The Labute approximate surface area is 111 Å². The molecular weight excluding hydrogens is 238 g/mol. The Morgan fingerprint density at radius 3 is 2.84 bits per heavy atom. The van der Waals surface area contributed by atoms with E-state index in [1.54, 1.807) is 12.5 Å². The van der Waals surface area contributed by atoms with Crippen molar-refractivity contribution in [1.29, 1.82) is 0 Å². The predicted octanol–water partition coefficient (Wildman–Crippen LogP) is 3.72. The fourth-order valence-electron chi connectivity index (χ4n) is 3.20. The summed E-state index contributed by atoms with van der Waals surface area (Å²) in [5, 5.41) is 5.78. The van der Waals surface area contributed by atoms with Crippen molar-refractivity contribution in [3.63, 3.8) is 0 Å². The molecular formula is C16H17NO2. The van der Waals surface area contributed by atoms with Gasteiger partial charge in [0, 0.05) is 16.3 Å². The average Bonchev–Trinajstić information content (AvgIpc) is 3.08. The maximum absolute atomic E-state index is 5.71. The Hall–Kier alpha value is -1.74. The molecule has 1 fully saturated rings. The summed E-state index contributed by atoms with van der Waals surface area (Å²) in [6, 6.07) is 6.15. The van der Waals surface area contributed by atoms with Gasteiger partial charge in [-0.15, -0.1) is 0 Å². The standard InChI is InChI=1S/C16H17NO2/c1-5-17-6-2-11(1)9-14-13-4-8-18-15(13)10-12-3-7-19-16(12)14/h3-4,7-8,10-11,17H,1-2,5-6,9H2. The van der Waals surface area contributed by atoms with Crippen molar-refractivity contribution in [2.45, 2.75) is 19.3 Å². The van der Waals surface area contributed by atoms with Crippen LogP contribution in [0.2, 0.25) is 0 Å². The summed E-state index contributed by atoms with van der Waals surface area (Å²) in [4.78, 5) is 0. The van der Waals surface area contributed by atoms with Gasteiger partial charge in [0.25, 0.3) is 0 Å². The van der Waals surface area contributed by atoms with Gasteiger partial charge in [-0.2, -0.15) is 0 Å². The number of nitrogens with one attached hydrogen (secondary N) is 1. The quantitative estimate of drug-likeness (QED) is 0.758. The van der Waals surface area contributed by atoms with E-state index < -0.39 is 0 Å². The summed E-state index contributed by atoms with van der Waals surface area (Å²) < 4.78 is 11.3. The molecule has 0 bridgehead atoms. The van der Waals surface area contributed by atoms with Gasteiger partial charge in [-0.1, -0.05) is 0 Å². The molecule has 3 aromatic rings. The zero-order chi connectivity index (χ0) is 12.7. The van der Waals surface area contributed by atoms with Crippen molar-refractivity contribution in [3.8, 4) is 0 Å². The number of furan rings is 2. The fourth-order valence-corrected chi connectivity index (χ4v) is 3.20. The monoisotopic (exact) mass is 255 g/mol. The van der Waals surface area contributed by atoms with Crippen LogP contribution in [0.25, 0.3) is 21.9 Å². The maximum atomic E-state index is 5.71. The molecule has 19 heavy (non-hydrogen) atoms. The second-order valence-corrected chi connectivity index (χ2v) is 5.42. The third-order valence-electron chi connectivity index (χ3n) is 4.23. The highest BCUT2D eigenvalue weighted by Gasteiger charge is 2.19. The third-order valence-corrected chi connectivity index (χ3v) is 4.23. The van der Waals surface area contributed by atoms with E-state index in [0.29, 0.717) is 0 Å². The second-order valence-electron chi connectivity index (χ2n) is 5.42. The highest BCUT2D eigenvalue weighted by Crippen LogP contribution is 2.33. The Morgan fingerprint density at radius 2 is 1.95 bits per heavy atom. The molecule has 4 rings (SSSR count). The molecule has 98 valence electrons. The van der Waals surface area contributed by atoms with Crippen molar-refractivity contribution >= 4 is 21.9 Å². The minimum atomic E-state index is 0.745. The Bertz CT molecular complexity index is 655. The van der Waals surface area contributed by atoms with Crippen LogP contribution >= 0.6 is 0 Å². The molecule has 0 radical (unpaired) electrons. The first-order valence-electron chi connectivity index (χ1n) is 6.99. The molecule has 2 aromatic heterocycles. The number of fused-ring (bicyclic) bond motifs is 2. The van der Waals surface area contributed by atoms with Crippen LogP contribution in [-0.4, -0.2) is 13.1 Å². The lowest BCUT2D eigenvalue weighted by molar-refractivity contribution is 0.373. The van der Waals surface area contributed by atoms with E-state index in [-0.39, 0.29) is 0 Å². The fraction of sp³-hybridized carbons (Fsp3) is 0.375. The normalized spacial score (nSPS) is 17.5. The smallest absolute Gasteiger partial charge is 0.137 e. The Morgan fingerprint density at radius 1 is 1.11 bits per heavy atom. The first-order valence-corrected chi connectivity index (χ1v) is 6.99. The molecule has 1 aromatic carbocycles. The van der Waals surface area contributed by atoms with Crippen LogP contribution in [0.3, 0.4) is 0 Å². The van der Waals surface area contributed by atoms with Gasteiger partial charge >= 0.3 is 0 Å². The molecule has 0 amide bonds. The van der Waals surface area contributed by atoms with Crippen LogP contribution in [0.4, 0.5) is 0 Å². The third kappa shape index (κ3) is 1.85. The van der Waals surface area contributed by atoms with Gasteiger partial charge in [-0.05, 0) is 56.5 Å². The van der Waals surface area contributed by atoms with Gasteiger partial charge in [0.1, 0.15) is 11.2 Å². The lowest BCUT2D eigenvalue weighted by Crippen LogP contribution is -2.28. The molecule has 1 saturated heterocycles. The molecule has 3 heteroatoms. The van der Waals surface area contributed by atoms with Crippen molar-refractivity contribution in [1.82, 2.24) is 5.32 Å². The van der Waals surface area contributed by atoms with Gasteiger partial charge in [0.05, 0.1) is 12.5 Å². The topological polar surface area (TPSA) is 38.3 Å². The molecule has 0 aliphatic carbocycles. The summed E-state index contributed by atoms with van der Waals surface area (Å²) >= 11 is 0. The van der Waals surface area contributed by atoms with Crippen LogP contribution in [-0.2, 0) is 6.42 Å². The van der Waals surface area contributed by atoms with Gasteiger partial charge in [0.15, 0.2) is 0 Å². The van der Waals surface area contributed by atoms with Crippen LogP contribution in [0.5, 0.6) is 0 Å². The van der Waals surface area contributed by atoms with E-state index in [2.05, 4.69) is 17.4 Å². The predicted molar refractivity (Wildman–Crippen MR) is 75.3 cm³/mol. The number of rotatable bonds is 2. The van der Waals surface area contributed by atoms with Crippen molar-refractivity contribution < 1.29 is 8.83 Å². The number of benzene rings is 1. The SMILES string of the molecule is c1cc2c(CC3CCNCC3)c3occc3cc2o1. The summed E-state index contributed by atoms with van der Waals surface area (Å²) in [6.45, 7) is 2.26. The summed E-state index contributed by atoms with van der Waals surface area (Å²) in [5.74, 6) is 0.745. The van der Waals surface area contributed by atoms with Crippen molar-refractivity contribution in [3.05, 3.63) is 36.3 Å². The lowest BCUT2D eigenvalue weighted by atomic mass is 9.89. The van der Waals surface area contributed by atoms with E-state index in [1.807, 2.05) is 6.07 Å². The highest BCUT2D eigenvalue weighted by molar-refractivity contribution is 5.97.